The topological polar surface area (TPSA) is 85.8 Å². The average molecular weight is 414 g/mol. The monoisotopic (exact) mass is 414 g/mol. The summed E-state index contributed by atoms with van der Waals surface area (Å²) in [4.78, 5) is 33.9. The summed E-state index contributed by atoms with van der Waals surface area (Å²) in [5.41, 5.74) is 2.81. The summed E-state index contributed by atoms with van der Waals surface area (Å²) in [5, 5.41) is 13.0. The number of carbonyl (C=O) groups excluding carboxylic acids is 2. The Morgan fingerprint density at radius 2 is 1.74 bits per heavy atom. The van der Waals surface area contributed by atoms with Crippen LogP contribution in [0.15, 0.2) is 79.0 Å². The molecule has 7 heteroatoms. The highest BCUT2D eigenvalue weighted by atomic mass is 16.3. The van der Waals surface area contributed by atoms with Crippen LogP contribution in [0.2, 0.25) is 0 Å². The Bertz CT molecular complexity index is 1110. The van der Waals surface area contributed by atoms with Gasteiger partial charge in [0.05, 0.1) is 18.7 Å². The van der Waals surface area contributed by atoms with Gasteiger partial charge in [-0.15, -0.1) is 0 Å². The summed E-state index contributed by atoms with van der Waals surface area (Å²) in [6.07, 6.45) is 1.59. The van der Waals surface area contributed by atoms with Crippen LogP contribution in [-0.2, 0) is 0 Å². The number of anilines is 2. The molecule has 1 aromatic heterocycles. The third-order valence-corrected chi connectivity index (χ3v) is 6.08. The number of aliphatic hydroxyl groups is 1. The molecule has 1 saturated heterocycles. The van der Waals surface area contributed by atoms with E-state index in [2.05, 4.69) is 10.3 Å². The van der Waals surface area contributed by atoms with Crippen LogP contribution >= 0.6 is 0 Å². The third-order valence-electron chi connectivity index (χ3n) is 6.08. The molecule has 2 N–H and O–H groups in total. The number of aliphatic hydroxyl groups excluding tert-OH is 1. The van der Waals surface area contributed by atoms with Crippen LogP contribution in [0.25, 0.3) is 0 Å². The number of benzene rings is 2. The van der Waals surface area contributed by atoms with Crippen molar-refractivity contribution in [3.05, 3.63) is 90.3 Å². The van der Waals surface area contributed by atoms with E-state index < -0.39 is 0 Å². The quantitative estimate of drug-likeness (QED) is 0.690. The smallest absolute Gasteiger partial charge is 0.322 e. The van der Waals surface area contributed by atoms with Gasteiger partial charge in [0.2, 0.25) is 0 Å². The van der Waals surface area contributed by atoms with Crippen LogP contribution in [-0.4, -0.2) is 52.2 Å². The molecule has 31 heavy (non-hydrogen) atoms. The number of aromatic nitrogens is 1. The maximum absolute atomic E-state index is 13.3. The normalized spacial score (nSPS) is 21.5. The van der Waals surface area contributed by atoms with E-state index >= 15 is 0 Å². The maximum Gasteiger partial charge on any atom is 0.322 e. The number of amides is 3. The number of hydrogen-bond acceptors (Lipinski definition) is 4. The largest absolute Gasteiger partial charge is 0.394 e. The fraction of sp³-hybridized carbons (Fsp3) is 0.208. The van der Waals surface area contributed by atoms with Crippen molar-refractivity contribution < 1.29 is 14.7 Å². The highest BCUT2D eigenvalue weighted by Crippen LogP contribution is 2.48. The molecule has 3 atom stereocenters. The number of para-hydroxylation sites is 2. The van der Waals surface area contributed by atoms with Gasteiger partial charge in [-0.05, 0) is 35.9 Å². The lowest BCUT2D eigenvalue weighted by Gasteiger charge is -2.58. The molecule has 3 heterocycles. The number of hydrogen-bond donors (Lipinski definition) is 2. The minimum absolute atomic E-state index is 0.0319. The Morgan fingerprint density at radius 3 is 2.48 bits per heavy atom. The molecule has 2 aromatic carbocycles. The van der Waals surface area contributed by atoms with Crippen LogP contribution in [0.3, 0.4) is 0 Å². The van der Waals surface area contributed by atoms with Crippen LogP contribution in [0.5, 0.6) is 0 Å². The van der Waals surface area contributed by atoms with Crippen LogP contribution < -0.4 is 10.2 Å². The number of nitrogens with one attached hydrogen (secondary N) is 1. The molecular formula is C24H22N4O3. The zero-order valence-electron chi connectivity index (χ0n) is 16.8. The van der Waals surface area contributed by atoms with Gasteiger partial charge >= 0.3 is 6.03 Å². The van der Waals surface area contributed by atoms with Crippen molar-refractivity contribution in [1.82, 2.24) is 9.88 Å². The van der Waals surface area contributed by atoms with E-state index in [9.17, 15) is 14.7 Å². The molecule has 7 nitrogen and oxygen atoms in total. The van der Waals surface area contributed by atoms with Gasteiger partial charge < -0.3 is 20.2 Å². The molecule has 2 aliphatic rings. The number of pyridine rings is 1. The second-order valence-electron chi connectivity index (χ2n) is 7.74. The van der Waals surface area contributed by atoms with E-state index in [1.807, 2.05) is 54.6 Å². The number of likely N-dealkylation sites (tertiary alicyclic amines) is 1. The van der Waals surface area contributed by atoms with Crippen molar-refractivity contribution in [3.63, 3.8) is 0 Å². The van der Waals surface area contributed by atoms with Gasteiger partial charge in [-0.1, -0.05) is 42.5 Å². The first-order chi connectivity index (χ1) is 15.2. The molecule has 3 amide bonds. The molecule has 5 rings (SSSR count). The van der Waals surface area contributed by atoms with Gasteiger partial charge in [-0.3, -0.25) is 9.78 Å². The maximum atomic E-state index is 13.3. The van der Waals surface area contributed by atoms with E-state index in [4.69, 9.17) is 0 Å². The summed E-state index contributed by atoms with van der Waals surface area (Å²) < 4.78 is 0. The third kappa shape index (κ3) is 3.23. The molecule has 0 bridgehead atoms. The SMILES string of the molecule is O=C(c1ccccn1)N1C[C@@H]2[C@H](c3ccccc31)[C@H](CO)N2C(=O)Nc1ccccc1. The van der Waals surface area contributed by atoms with Crippen molar-refractivity contribution in [2.75, 3.05) is 23.4 Å². The van der Waals surface area contributed by atoms with Gasteiger partial charge in [0.25, 0.3) is 5.91 Å². The number of nitrogens with zero attached hydrogens (tertiary/aromatic N) is 3. The molecule has 0 radical (unpaired) electrons. The summed E-state index contributed by atoms with van der Waals surface area (Å²) >= 11 is 0. The minimum atomic E-state index is -0.345. The van der Waals surface area contributed by atoms with E-state index in [0.717, 1.165) is 11.3 Å². The molecule has 0 aliphatic carbocycles. The summed E-state index contributed by atoms with van der Waals surface area (Å²) in [6, 6.07) is 21.3. The first-order valence-electron chi connectivity index (χ1n) is 10.3. The summed E-state index contributed by atoms with van der Waals surface area (Å²) in [7, 11) is 0. The first kappa shape index (κ1) is 19.3. The molecule has 3 aromatic rings. The van der Waals surface area contributed by atoms with E-state index in [1.165, 1.54) is 0 Å². The Labute approximate surface area is 179 Å². The molecule has 2 aliphatic heterocycles. The highest BCUT2D eigenvalue weighted by Gasteiger charge is 2.55. The van der Waals surface area contributed by atoms with Gasteiger partial charge in [-0.25, -0.2) is 4.79 Å². The predicted octanol–water partition coefficient (Wildman–Crippen LogP) is 3.10. The molecule has 0 unspecified atom stereocenters. The summed E-state index contributed by atoms with van der Waals surface area (Å²) in [5.74, 6) is -0.238. The second kappa shape index (κ2) is 7.85. The second-order valence-corrected chi connectivity index (χ2v) is 7.74. The first-order valence-corrected chi connectivity index (χ1v) is 10.3. The van der Waals surface area contributed by atoms with Crippen molar-refractivity contribution >= 4 is 23.3 Å². The van der Waals surface area contributed by atoms with Gasteiger partial charge in [-0.2, -0.15) is 0 Å². The lowest BCUT2D eigenvalue weighted by molar-refractivity contribution is -0.00267. The fourth-order valence-corrected chi connectivity index (χ4v) is 4.70. The predicted molar refractivity (Wildman–Crippen MR) is 117 cm³/mol. The number of rotatable bonds is 3. The Hall–Kier alpha value is -3.71. The zero-order chi connectivity index (χ0) is 21.4. The average Bonchev–Trinajstić information content (AvgIpc) is 2.80. The van der Waals surface area contributed by atoms with Crippen molar-refractivity contribution in [2.45, 2.75) is 18.0 Å². The van der Waals surface area contributed by atoms with Gasteiger partial charge in [0.15, 0.2) is 0 Å². The molecule has 0 saturated carbocycles. The summed E-state index contributed by atoms with van der Waals surface area (Å²) in [6.45, 7) is 0.196. The number of fused-ring (bicyclic) bond motifs is 3. The Balaban J connectivity index is 1.47. The lowest BCUT2D eigenvalue weighted by atomic mass is 9.72. The van der Waals surface area contributed by atoms with Crippen LogP contribution in [0.4, 0.5) is 16.2 Å². The van der Waals surface area contributed by atoms with E-state index in [0.29, 0.717) is 17.9 Å². The molecular weight excluding hydrogens is 392 g/mol. The zero-order valence-corrected chi connectivity index (χ0v) is 16.8. The van der Waals surface area contributed by atoms with E-state index in [1.54, 1.807) is 34.2 Å². The molecule has 0 spiro atoms. The van der Waals surface area contributed by atoms with Crippen molar-refractivity contribution in [3.8, 4) is 0 Å². The number of urea groups is 1. The van der Waals surface area contributed by atoms with Crippen LogP contribution in [0, 0.1) is 0 Å². The number of carbonyl (C=O) groups is 2. The lowest BCUT2D eigenvalue weighted by Crippen LogP contribution is -2.71. The fourth-order valence-electron chi connectivity index (χ4n) is 4.70. The Morgan fingerprint density at radius 1 is 1.00 bits per heavy atom. The minimum Gasteiger partial charge on any atom is -0.394 e. The van der Waals surface area contributed by atoms with Crippen molar-refractivity contribution in [2.24, 2.45) is 0 Å². The standard InChI is InChI=1S/C24H22N4O3/c29-15-21-22-17-10-4-5-12-19(17)27(23(30)18-11-6-7-13-25-18)14-20(22)28(21)24(31)26-16-8-2-1-3-9-16/h1-13,20-22,29H,14-15H2,(H,26,31)/t20-,21+,22+/m1/s1. The Kier molecular flexibility index (Phi) is 4.88. The van der Waals surface area contributed by atoms with Crippen LogP contribution in [0.1, 0.15) is 22.0 Å². The highest BCUT2D eigenvalue weighted by molar-refractivity contribution is 6.06. The van der Waals surface area contributed by atoms with Crippen molar-refractivity contribution in [1.29, 1.82) is 0 Å². The van der Waals surface area contributed by atoms with E-state index in [-0.39, 0.29) is 36.5 Å². The van der Waals surface area contributed by atoms with Gasteiger partial charge in [0, 0.05) is 30.0 Å². The molecule has 1 fully saturated rings. The van der Waals surface area contributed by atoms with Gasteiger partial charge in [0.1, 0.15) is 5.69 Å². The molecule has 156 valence electrons.